The number of nitrogens with zero attached hydrogens (tertiary/aromatic N) is 2. The third kappa shape index (κ3) is 6.65. The van der Waals surface area contributed by atoms with Crippen LogP contribution in [0.5, 0.6) is 5.75 Å². The Balaban J connectivity index is 2.22. The summed E-state index contributed by atoms with van der Waals surface area (Å²) < 4.78 is 40.8. The molecule has 7 nitrogen and oxygen atoms in total. The van der Waals surface area contributed by atoms with E-state index in [0.29, 0.717) is 22.8 Å². The Kier molecular flexibility index (Phi) is 8.10. The maximum Gasteiger partial charge on any atom is 0.387 e. The van der Waals surface area contributed by atoms with Crippen molar-refractivity contribution in [3.63, 3.8) is 0 Å². The molecule has 2 rings (SSSR count). The number of aromatic nitrogens is 2. The largest absolute Gasteiger partial charge is 0.434 e. The summed E-state index contributed by atoms with van der Waals surface area (Å²) >= 11 is 1.08. The second-order valence-corrected chi connectivity index (χ2v) is 13.7. The molecule has 0 aliphatic carbocycles. The Bertz CT molecular complexity index is 771. The average Bonchev–Trinajstić information content (AvgIpc) is 2.95. The zero-order valence-corrected chi connectivity index (χ0v) is 18.1. The molecule has 0 aliphatic rings. The van der Waals surface area contributed by atoms with Gasteiger partial charge in [-0.15, -0.1) is 5.10 Å². The third-order valence-corrected chi connectivity index (χ3v) is 5.94. The Hall–Kier alpha value is -1.82. The second kappa shape index (κ2) is 10.1. The van der Waals surface area contributed by atoms with E-state index in [1.807, 2.05) is 0 Å². The zero-order chi connectivity index (χ0) is 20.7. The Morgan fingerprint density at radius 1 is 1.29 bits per heavy atom. The van der Waals surface area contributed by atoms with Crippen molar-refractivity contribution in [2.75, 3.05) is 26.2 Å². The molecule has 0 radical (unpaired) electrons. The molecule has 11 heteroatoms. The summed E-state index contributed by atoms with van der Waals surface area (Å²) in [6.07, 6.45) is 1.37. The summed E-state index contributed by atoms with van der Waals surface area (Å²) in [5.74, 6) is -0.0489. The molecule has 0 unspecified atom stereocenters. The van der Waals surface area contributed by atoms with E-state index in [0.717, 1.165) is 22.9 Å². The normalized spacial score (nSPS) is 11.8. The predicted octanol–water partition coefficient (Wildman–Crippen LogP) is 4.13. The van der Waals surface area contributed by atoms with E-state index in [1.54, 1.807) is 12.1 Å². The van der Waals surface area contributed by atoms with Gasteiger partial charge < -0.3 is 24.2 Å². The highest BCUT2D eigenvalue weighted by atomic mass is 32.2. The van der Waals surface area contributed by atoms with Gasteiger partial charge in [0.05, 0.1) is 19.0 Å². The molecule has 0 saturated heterocycles. The molecule has 0 aliphatic heterocycles. The Morgan fingerprint density at radius 2 is 2.04 bits per heavy atom. The van der Waals surface area contributed by atoms with Crippen LogP contribution in [0.2, 0.25) is 25.7 Å². The lowest BCUT2D eigenvalue weighted by Gasteiger charge is -2.16. The van der Waals surface area contributed by atoms with Crippen LogP contribution in [0, 0.1) is 0 Å². The number of alkyl halides is 2. The van der Waals surface area contributed by atoms with Gasteiger partial charge in [0.25, 0.3) is 0 Å². The van der Waals surface area contributed by atoms with Gasteiger partial charge in [0, 0.05) is 37.2 Å². The summed E-state index contributed by atoms with van der Waals surface area (Å²) in [6.45, 7) is 4.29. The van der Waals surface area contributed by atoms with E-state index in [4.69, 9.17) is 19.5 Å². The molecule has 0 amide bonds. The highest BCUT2D eigenvalue weighted by Gasteiger charge is 2.20. The van der Waals surface area contributed by atoms with Crippen LogP contribution in [0.15, 0.2) is 29.3 Å². The van der Waals surface area contributed by atoms with Crippen LogP contribution in [0.3, 0.4) is 0 Å². The first-order valence-electron chi connectivity index (χ1n) is 8.55. The number of halogens is 2. The van der Waals surface area contributed by atoms with Gasteiger partial charge in [-0.2, -0.15) is 8.78 Å². The fourth-order valence-corrected chi connectivity index (χ4v) is 3.50. The minimum Gasteiger partial charge on any atom is -0.434 e. The Labute approximate surface area is 168 Å². The SMILES string of the molecule is COSc1ccc(OC(F)F)c(-c2c(N)cnn2OCOCC[Si](C)(C)C)c1. The van der Waals surface area contributed by atoms with Crippen molar-refractivity contribution in [2.45, 2.75) is 37.2 Å². The van der Waals surface area contributed by atoms with E-state index < -0.39 is 14.7 Å². The quantitative estimate of drug-likeness (QED) is 0.247. The number of benzene rings is 1. The van der Waals surface area contributed by atoms with Crippen molar-refractivity contribution in [3.05, 3.63) is 24.4 Å². The monoisotopic (exact) mass is 433 g/mol. The number of nitrogen functional groups attached to an aromatic ring is 1. The van der Waals surface area contributed by atoms with E-state index in [-0.39, 0.29) is 18.2 Å². The van der Waals surface area contributed by atoms with E-state index in [9.17, 15) is 8.78 Å². The first-order valence-corrected chi connectivity index (χ1v) is 13.0. The van der Waals surface area contributed by atoms with Crippen LogP contribution in [0.1, 0.15) is 0 Å². The minimum atomic E-state index is -2.98. The summed E-state index contributed by atoms with van der Waals surface area (Å²) in [6, 6.07) is 5.63. The lowest BCUT2D eigenvalue weighted by Crippen LogP contribution is -2.24. The van der Waals surface area contributed by atoms with Crippen LogP contribution in [0.4, 0.5) is 14.5 Å². The molecule has 0 atom stereocenters. The summed E-state index contributed by atoms with van der Waals surface area (Å²) in [5, 5.41) is 4.05. The molecular formula is C17H25F2N3O4SSi. The van der Waals surface area contributed by atoms with Gasteiger partial charge in [0.2, 0.25) is 6.79 Å². The molecular weight excluding hydrogens is 408 g/mol. The molecule has 0 bridgehead atoms. The molecule has 0 saturated carbocycles. The highest BCUT2D eigenvalue weighted by molar-refractivity contribution is 7.94. The van der Waals surface area contributed by atoms with Crippen LogP contribution >= 0.6 is 12.0 Å². The number of nitrogens with two attached hydrogens (primary N) is 1. The maximum absolute atomic E-state index is 12.8. The fourth-order valence-electron chi connectivity index (χ4n) is 2.27. The van der Waals surface area contributed by atoms with Gasteiger partial charge in [0.15, 0.2) is 0 Å². The number of hydrogen-bond acceptors (Lipinski definition) is 7. The van der Waals surface area contributed by atoms with E-state index in [2.05, 4.69) is 29.5 Å². The molecule has 1 aromatic heterocycles. The van der Waals surface area contributed by atoms with Crippen LogP contribution in [0.25, 0.3) is 11.3 Å². The topological polar surface area (TPSA) is 80.8 Å². The van der Waals surface area contributed by atoms with Gasteiger partial charge in [-0.1, -0.05) is 24.5 Å². The van der Waals surface area contributed by atoms with Crippen molar-refractivity contribution in [1.82, 2.24) is 9.94 Å². The smallest absolute Gasteiger partial charge is 0.387 e. The van der Waals surface area contributed by atoms with Crippen molar-refractivity contribution in [2.24, 2.45) is 0 Å². The third-order valence-electron chi connectivity index (χ3n) is 3.62. The number of anilines is 1. The highest BCUT2D eigenvalue weighted by Crippen LogP contribution is 2.37. The average molecular weight is 434 g/mol. The van der Waals surface area contributed by atoms with E-state index in [1.165, 1.54) is 19.4 Å². The van der Waals surface area contributed by atoms with E-state index >= 15 is 0 Å². The van der Waals surface area contributed by atoms with Crippen LogP contribution in [-0.4, -0.2) is 45.1 Å². The van der Waals surface area contributed by atoms with Crippen molar-refractivity contribution >= 4 is 25.8 Å². The predicted molar refractivity (Wildman–Crippen MR) is 107 cm³/mol. The molecule has 28 heavy (non-hydrogen) atoms. The molecule has 0 spiro atoms. The van der Waals surface area contributed by atoms with Crippen molar-refractivity contribution in [1.29, 1.82) is 0 Å². The molecule has 1 aromatic carbocycles. The van der Waals surface area contributed by atoms with Gasteiger partial charge >= 0.3 is 6.61 Å². The van der Waals surface area contributed by atoms with Crippen molar-refractivity contribution < 1.29 is 27.3 Å². The lowest BCUT2D eigenvalue weighted by atomic mass is 10.1. The summed E-state index contributed by atoms with van der Waals surface area (Å²) in [7, 11) is 0.299. The Morgan fingerprint density at radius 3 is 2.68 bits per heavy atom. The molecule has 2 aromatic rings. The van der Waals surface area contributed by atoms with Gasteiger partial charge in [0.1, 0.15) is 11.4 Å². The number of rotatable bonds is 11. The van der Waals surface area contributed by atoms with Gasteiger partial charge in [-0.3, -0.25) is 0 Å². The standard InChI is InChI=1S/C17H25F2N3O4SSi/c1-23-27-12-5-6-15(26-17(18)19)13(9-12)16-14(20)10-21-22(16)25-11-24-7-8-28(2,3)4/h5-6,9-10,17H,7-8,11,20H2,1-4H3. The number of hydrogen-bond donors (Lipinski definition) is 1. The zero-order valence-electron chi connectivity index (χ0n) is 16.3. The lowest BCUT2D eigenvalue weighted by molar-refractivity contribution is -0.0662. The molecule has 2 N–H and O–H groups in total. The van der Waals surface area contributed by atoms with Gasteiger partial charge in [-0.25, -0.2) is 0 Å². The first-order chi connectivity index (χ1) is 13.2. The molecule has 0 fully saturated rings. The second-order valence-electron chi connectivity index (χ2n) is 7.07. The fraction of sp³-hybridized carbons (Fsp3) is 0.471. The maximum atomic E-state index is 12.8. The summed E-state index contributed by atoms with van der Waals surface area (Å²) in [5.41, 5.74) is 6.86. The van der Waals surface area contributed by atoms with Gasteiger partial charge in [-0.05, 0) is 24.2 Å². The molecule has 1 heterocycles. The number of ether oxygens (including phenoxy) is 2. The summed E-state index contributed by atoms with van der Waals surface area (Å²) in [4.78, 5) is 7.35. The van der Waals surface area contributed by atoms with Crippen LogP contribution in [-0.2, 0) is 8.92 Å². The van der Waals surface area contributed by atoms with Crippen molar-refractivity contribution in [3.8, 4) is 17.0 Å². The van der Waals surface area contributed by atoms with Crippen LogP contribution < -0.4 is 15.3 Å². The molecule has 156 valence electrons. The first kappa shape index (κ1) is 22.5. The minimum absolute atomic E-state index is 0.0455.